The Morgan fingerprint density at radius 3 is 2.70 bits per heavy atom. The molecule has 0 aliphatic carbocycles. The van der Waals surface area contributed by atoms with Crippen LogP contribution in [0.4, 0.5) is 4.79 Å². The molecule has 0 saturated heterocycles. The summed E-state index contributed by atoms with van der Waals surface area (Å²) in [5.74, 6) is -0.342. The Balaban J connectivity index is 2.50. The molecule has 3 N–H and O–H groups in total. The van der Waals surface area contributed by atoms with Gasteiger partial charge in [0.05, 0.1) is 6.04 Å². The Hall–Kier alpha value is -1.28. The van der Waals surface area contributed by atoms with Gasteiger partial charge in [-0.15, -0.1) is 11.3 Å². The smallest absolute Gasteiger partial charge is 0.326 e. The first-order valence-corrected chi connectivity index (χ1v) is 8.42. The number of carbonyl (C=O) groups is 2. The predicted molar refractivity (Wildman–Crippen MR) is 81.4 cm³/mol. The molecule has 8 heteroatoms. The Kier molecular flexibility index (Phi) is 6.80. The van der Waals surface area contributed by atoms with Crippen LogP contribution in [-0.4, -0.2) is 40.1 Å². The summed E-state index contributed by atoms with van der Waals surface area (Å²) in [6.07, 6.45) is 2.29. The lowest BCUT2D eigenvalue weighted by Gasteiger charge is -2.17. The minimum atomic E-state index is -1.02. The number of rotatable bonds is 7. The zero-order valence-electron chi connectivity index (χ0n) is 11.7. The molecule has 1 rings (SSSR count). The molecule has 0 aliphatic heterocycles. The first-order valence-electron chi connectivity index (χ1n) is 6.14. The molecule has 2 atom stereocenters. The number of thiazole rings is 1. The lowest BCUT2D eigenvalue weighted by atomic mass is 10.2. The molecule has 0 aromatic carbocycles. The maximum absolute atomic E-state index is 11.8. The van der Waals surface area contributed by atoms with Crippen molar-refractivity contribution in [2.75, 3.05) is 12.0 Å². The first-order chi connectivity index (χ1) is 9.43. The third-order valence-corrected chi connectivity index (χ3v) is 4.36. The summed E-state index contributed by atoms with van der Waals surface area (Å²) in [5.41, 5.74) is 0.905. The molecule has 2 amide bonds. The lowest BCUT2D eigenvalue weighted by molar-refractivity contribution is -0.139. The van der Waals surface area contributed by atoms with Crippen molar-refractivity contribution in [2.24, 2.45) is 0 Å². The summed E-state index contributed by atoms with van der Waals surface area (Å²) in [5, 5.41) is 16.9. The molecular formula is C12H19N3O3S2. The molecule has 6 nitrogen and oxygen atoms in total. The zero-order valence-corrected chi connectivity index (χ0v) is 13.3. The van der Waals surface area contributed by atoms with Gasteiger partial charge in [-0.3, -0.25) is 0 Å². The van der Waals surface area contributed by atoms with E-state index in [1.807, 2.05) is 25.5 Å². The highest BCUT2D eigenvalue weighted by Gasteiger charge is 2.21. The highest BCUT2D eigenvalue weighted by atomic mass is 32.2. The van der Waals surface area contributed by atoms with Crippen LogP contribution in [0.3, 0.4) is 0 Å². The molecule has 2 unspecified atom stereocenters. The number of amides is 2. The largest absolute Gasteiger partial charge is 0.480 e. The molecule has 20 heavy (non-hydrogen) atoms. The summed E-state index contributed by atoms with van der Waals surface area (Å²) in [6, 6.07) is -1.60. The third kappa shape index (κ3) is 5.38. The van der Waals surface area contributed by atoms with Crippen molar-refractivity contribution in [1.29, 1.82) is 0 Å². The Bertz CT molecular complexity index is 465. The van der Waals surface area contributed by atoms with E-state index in [0.29, 0.717) is 12.2 Å². The van der Waals surface area contributed by atoms with Gasteiger partial charge in [0, 0.05) is 11.1 Å². The van der Waals surface area contributed by atoms with Crippen LogP contribution in [0.5, 0.6) is 0 Å². The van der Waals surface area contributed by atoms with E-state index in [1.54, 1.807) is 11.8 Å². The number of hydrogen-bond acceptors (Lipinski definition) is 5. The number of aliphatic carboxylic acids is 1. The maximum atomic E-state index is 11.8. The van der Waals surface area contributed by atoms with Crippen molar-refractivity contribution in [3.05, 3.63) is 16.1 Å². The first kappa shape index (κ1) is 16.8. The number of thioether (sulfide) groups is 1. The van der Waals surface area contributed by atoms with E-state index in [0.717, 1.165) is 10.7 Å². The molecule has 112 valence electrons. The Morgan fingerprint density at radius 1 is 1.50 bits per heavy atom. The normalized spacial score (nSPS) is 13.6. The van der Waals surface area contributed by atoms with Gasteiger partial charge in [0.2, 0.25) is 0 Å². The van der Waals surface area contributed by atoms with Gasteiger partial charge >= 0.3 is 12.0 Å². The van der Waals surface area contributed by atoms with E-state index in [2.05, 4.69) is 15.6 Å². The van der Waals surface area contributed by atoms with E-state index < -0.39 is 18.0 Å². The zero-order chi connectivity index (χ0) is 15.1. The fraction of sp³-hybridized carbons (Fsp3) is 0.583. The molecule has 0 radical (unpaired) electrons. The van der Waals surface area contributed by atoms with Gasteiger partial charge in [0.15, 0.2) is 0 Å². The number of nitrogens with one attached hydrogen (secondary N) is 2. The van der Waals surface area contributed by atoms with E-state index in [1.165, 1.54) is 11.3 Å². The average Bonchev–Trinajstić information content (AvgIpc) is 2.80. The lowest BCUT2D eigenvalue weighted by Crippen LogP contribution is -2.46. The number of carboxylic acid groups (broad SMARTS) is 1. The topological polar surface area (TPSA) is 91.3 Å². The number of hydrogen-bond donors (Lipinski definition) is 3. The average molecular weight is 317 g/mol. The molecule has 0 spiro atoms. The minimum absolute atomic E-state index is 0.247. The van der Waals surface area contributed by atoms with Crippen molar-refractivity contribution < 1.29 is 14.7 Å². The fourth-order valence-corrected chi connectivity index (χ4v) is 2.80. The van der Waals surface area contributed by atoms with E-state index in [9.17, 15) is 9.59 Å². The number of aryl methyl sites for hydroxylation is 1. The molecule has 0 fully saturated rings. The predicted octanol–water partition coefficient (Wildman–Crippen LogP) is 2.02. The van der Waals surface area contributed by atoms with Crippen molar-refractivity contribution in [1.82, 2.24) is 15.6 Å². The van der Waals surface area contributed by atoms with Crippen LogP contribution in [0.15, 0.2) is 5.38 Å². The van der Waals surface area contributed by atoms with E-state index in [-0.39, 0.29) is 6.04 Å². The van der Waals surface area contributed by atoms with Crippen LogP contribution in [-0.2, 0) is 4.79 Å². The van der Waals surface area contributed by atoms with Crippen molar-refractivity contribution in [2.45, 2.75) is 32.4 Å². The molecule has 1 aromatic heterocycles. The van der Waals surface area contributed by atoms with Gasteiger partial charge < -0.3 is 15.7 Å². The monoisotopic (exact) mass is 317 g/mol. The van der Waals surface area contributed by atoms with Crippen LogP contribution >= 0.6 is 23.1 Å². The van der Waals surface area contributed by atoms with Crippen LogP contribution in [0.2, 0.25) is 0 Å². The molecule has 0 bridgehead atoms. The van der Waals surface area contributed by atoms with Gasteiger partial charge in [0.1, 0.15) is 11.0 Å². The fourth-order valence-electron chi connectivity index (χ4n) is 1.52. The second-order valence-corrected chi connectivity index (χ2v) is 6.21. The highest BCUT2D eigenvalue weighted by molar-refractivity contribution is 7.98. The van der Waals surface area contributed by atoms with Gasteiger partial charge in [-0.25, -0.2) is 14.6 Å². The summed E-state index contributed by atoms with van der Waals surface area (Å²) >= 11 is 3.01. The van der Waals surface area contributed by atoms with Crippen molar-refractivity contribution in [3.63, 3.8) is 0 Å². The maximum Gasteiger partial charge on any atom is 0.326 e. The van der Waals surface area contributed by atoms with Crippen molar-refractivity contribution >= 4 is 35.1 Å². The highest BCUT2D eigenvalue weighted by Crippen LogP contribution is 2.17. The van der Waals surface area contributed by atoms with Gasteiger partial charge in [-0.2, -0.15) is 11.8 Å². The van der Waals surface area contributed by atoms with Crippen LogP contribution < -0.4 is 10.6 Å². The number of nitrogens with zero attached hydrogens (tertiary/aromatic N) is 1. The second-order valence-electron chi connectivity index (χ2n) is 4.34. The van der Waals surface area contributed by atoms with E-state index >= 15 is 0 Å². The molecule has 1 aromatic rings. The van der Waals surface area contributed by atoms with Crippen molar-refractivity contribution in [3.8, 4) is 0 Å². The summed E-state index contributed by atoms with van der Waals surface area (Å²) < 4.78 is 0. The standard InChI is InChI=1S/C12H19N3O3S2/c1-7-6-20-10(13-7)8(2)14-12(18)15-9(11(16)17)4-5-19-3/h6,8-9H,4-5H2,1-3H3,(H,16,17)(H2,14,15,18). The van der Waals surface area contributed by atoms with Gasteiger partial charge in [-0.1, -0.05) is 0 Å². The molecular weight excluding hydrogens is 298 g/mol. The van der Waals surface area contributed by atoms with Gasteiger partial charge in [0.25, 0.3) is 0 Å². The van der Waals surface area contributed by atoms with Crippen LogP contribution in [0.1, 0.15) is 30.1 Å². The molecule has 0 aliphatic rings. The summed E-state index contributed by atoms with van der Waals surface area (Å²) in [7, 11) is 0. The SMILES string of the molecule is CSCCC(NC(=O)NC(C)c1nc(C)cs1)C(=O)O. The van der Waals surface area contributed by atoms with E-state index in [4.69, 9.17) is 5.11 Å². The number of aromatic nitrogens is 1. The summed E-state index contributed by atoms with van der Waals surface area (Å²) in [6.45, 7) is 3.70. The summed E-state index contributed by atoms with van der Waals surface area (Å²) in [4.78, 5) is 27.1. The van der Waals surface area contributed by atoms with Crippen LogP contribution in [0.25, 0.3) is 0 Å². The number of carbonyl (C=O) groups excluding carboxylic acids is 1. The quantitative estimate of drug-likeness (QED) is 0.715. The Morgan fingerprint density at radius 2 is 2.20 bits per heavy atom. The second kappa shape index (κ2) is 8.11. The molecule has 1 heterocycles. The number of carboxylic acids is 1. The van der Waals surface area contributed by atoms with Crippen LogP contribution in [0, 0.1) is 6.92 Å². The minimum Gasteiger partial charge on any atom is -0.480 e. The molecule has 0 saturated carbocycles. The Labute approximate surface area is 126 Å². The third-order valence-electron chi connectivity index (χ3n) is 2.57. The number of urea groups is 1. The van der Waals surface area contributed by atoms with Gasteiger partial charge in [-0.05, 0) is 32.3 Å².